The lowest BCUT2D eigenvalue weighted by molar-refractivity contribution is -0.149. The molecule has 1 aromatic carbocycles. The molecule has 124 valence electrons. The van der Waals surface area contributed by atoms with E-state index in [1.807, 2.05) is 12.1 Å². The van der Waals surface area contributed by atoms with Gasteiger partial charge in [0, 0.05) is 23.0 Å². The molecule has 0 spiro atoms. The largest absolute Gasteiger partial charge is 0.469 e. The van der Waals surface area contributed by atoms with Gasteiger partial charge in [-0.3, -0.25) is 14.4 Å². The van der Waals surface area contributed by atoms with Crippen LogP contribution in [-0.2, 0) is 19.1 Å². The number of nitrogens with zero attached hydrogens (tertiary/aromatic N) is 1. The number of methoxy groups -OCH3 is 1. The van der Waals surface area contributed by atoms with Crippen LogP contribution in [0, 0.1) is 0 Å². The van der Waals surface area contributed by atoms with Crippen molar-refractivity contribution in [3.05, 3.63) is 29.3 Å². The van der Waals surface area contributed by atoms with Crippen LogP contribution in [-0.4, -0.2) is 54.7 Å². The third-order valence-electron chi connectivity index (χ3n) is 3.41. The molecule has 8 heteroatoms. The number of ether oxygens (including phenoxy) is 1. The Kier molecular flexibility index (Phi) is 6.29. The van der Waals surface area contributed by atoms with Crippen LogP contribution in [0.2, 0.25) is 5.02 Å². The number of thioether (sulfide) groups is 1. The second-order valence-electron chi connectivity index (χ2n) is 4.92. The molecule has 1 atom stereocenters. The summed E-state index contributed by atoms with van der Waals surface area (Å²) in [6, 6.07) is 6.35. The van der Waals surface area contributed by atoms with E-state index in [1.165, 1.54) is 23.8 Å². The molecule has 0 unspecified atom stereocenters. The van der Waals surface area contributed by atoms with Crippen LogP contribution >= 0.6 is 23.4 Å². The first-order valence-corrected chi connectivity index (χ1v) is 8.40. The van der Waals surface area contributed by atoms with Gasteiger partial charge < -0.3 is 15.0 Å². The molecule has 0 radical (unpaired) electrons. The van der Waals surface area contributed by atoms with E-state index in [0.29, 0.717) is 18.1 Å². The zero-order valence-electron chi connectivity index (χ0n) is 12.6. The van der Waals surface area contributed by atoms with E-state index in [1.54, 1.807) is 12.1 Å². The second-order valence-corrected chi connectivity index (χ2v) is 6.40. The molecule has 2 rings (SSSR count). The third-order valence-corrected chi connectivity index (χ3v) is 4.66. The fourth-order valence-electron chi connectivity index (χ4n) is 2.22. The Balaban J connectivity index is 1.98. The number of esters is 1. The number of amides is 2. The average Bonchev–Trinajstić information content (AvgIpc) is 2.55. The van der Waals surface area contributed by atoms with E-state index in [-0.39, 0.29) is 24.0 Å². The van der Waals surface area contributed by atoms with Gasteiger partial charge in [-0.2, -0.15) is 0 Å². The van der Waals surface area contributed by atoms with Crippen LogP contribution in [0.4, 0.5) is 0 Å². The van der Waals surface area contributed by atoms with Crippen molar-refractivity contribution in [3.8, 4) is 0 Å². The number of hydrogen-bond acceptors (Lipinski definition) is 5. The number of benzene rings is 1. The summed E-state index contributed by atoms with van der Waals surface area (Å²) in [4.78, 5) is 38.2. The first kappa shape index (κ1) is 17.6. The number of halogens is 1. The fraction of sp³-hybridized carbons (Fsp3) is 0.400. The van der Waals surface area contributed by atoms with E-state index >= 15 is 0 Å². The van der Waals surface area contributed by atoms with Crippen molar-refractivity contribution in [2.24, 2.45) is 0 Å². The molecular weight excluding hydrogens is 340 g/mol. The van der Waals surface area contributed by atoms with Crippen LogP contribution in [0.3, 0.4) is 0 Å². The summed E-state index contributed by atoms with van der Waals surface area (Å²) in [6.45, 7) is 0.765. The van der Waals surface area contributed by atoms with E-state index in [9.17, 15) is 14.4 Å². The summed E-state index contributed by atoms with van der Waals surface area (Å²) < 4.78 is 4.60. The molecule has 23 heavy (non-hydrogen) atoms. The van der Waals surface area contributed by atoms with Crippen LogP contribution in [0.15, 0.2) is 29.2 Å². The average molecular weight is 357 g/mol. The summed E-state index contributed by atoms with van der Waals surface area (Å²) in [6.07, 6.45) is -0.139. The highest BCUT2D eigenvalue weighted by atomic mass is 35.5. The Morgan fingerprint density at radius 2 is 2.09 bits per heavy atom. The Hall–Kier alpha value is -1.73. The molecule has 2 amide bonds. The minimum absolute atomic E-state index is 0.139. The molecular formula is C15H17ClN2O4S. The van der Waals surface area contributed by atoms with Crippen LogP contribution in [0.5, 0.6) is 0 Å². The van der Waals surface area contributed by atoms with Gasteiger partial charge in [0.1, 0.15) is 6.04 Å². The maximum absolute atomic E-state index is 12.4. The summed E-state index contributed by atoms with van der Waals surface area (Å²) in [7, 11) is 1.26. The highest BCUT2D eigenvalue weighted by Crippen LogP contribution is 2.21. The molecule has 0 aliphatic carbocycles. The van der Waals surface area contributed by atoms with Gasteiger partial charge in [0.2, 0.25) is 11.8 Å². The zero-order valence-corrected chi connectivity index (χ0v) is 14.2. The number of carbonyl (C=O) groups excluding carboxylic acids is 3. The molecule has 1 aliphatic rings. The minimum atomic E-state index is -0.811. The SMILES string of the molecule is COC(=O)C[C@H]1C(=O)NCCN1C(=O)CSc1ccc(Cl)cc1. The van der Waals surface area contributed by atoms with E-state index in [0.717, 1.165) is 4.90 Å². The summed E-state index contributed by atoms with van der Waals surface area (Å²) in [5.41, 5.74) is 0. The number of carbonyl (C=O) groups is 3. The quantitative estimate of drug-likeness (QED) is 0.636. The van der Waals surface area contributed by atoms with Crippen molar-refractivity contribution in [2.75, 3.05) is 26.0 Å². The Morgan fingerprint density at radius 1 is 1.39 bits per heavy atom. The molecule has 0 saturated carbocycles. The Bertz CT molecular complexity index is 594. The molecule has 0 aromatic heterocycles. The highest BCUT2D eigenvalue weighted by Gasteiger charge is 2.34. The van der Waals surface area contributed by atoms with Crippen LogP contribution in [0.25, 0.3) is 0 Å². The maximum atomic E-state index is 12.4. The summed E-state index contributed by atoms with van der Waals surface area (Å²) in [5.74, 6) is -0.845. The number of nitrogens with one attached hydrogen (secondary N) is 1. The molecule has 1 heterocycles. The van der Waals surface area contributed by atoms with Gasteiger partial charge in [0.05, 0.1) is 19.3 Å². The van der Waals surface area contributed by atoms with Crippen molar-refractivity contribution in [1.82, 2.24) is 10.2 Å². The number of piperazine rings is 1. The molecule has 1 aliphatic heterocycles. The topological polar surface area (TPSA) is 75.7 Å². The predicted octanol–water partition coefficient (Wildman–Crippen LogP) is 1.32. The van der Waals surface area contributed by atoms with Gasteiger partial charge in [-0.15, -0.1) is 11.8 Å². The highest BCUT2D eigenvalue weighted by molar-refractivity contribution is 8.00. The zero-order chi connectivity index (χ0) is 16.8. The van der Waals surface area contributed by atoms with Gasteiger partial charge in [-0.05, 0) is 24.3 Å². The van der Waals surface area contributed by atoms with Crippen molar-refractivity contribution in [3.63, 3.8) is 0 Å². The summed E-state index contributed by atoms with van der Waals surface area (Å²) >= 11 is 7.18. The molecule has 1 aromatic rings. The smallest absolute Gasteiger partial charge is 0.308 e. The standard InChI is InChI=1S/C15H17ClN2O4S/c1-22-14(20)8-12-15(21)17-6-7-18(12)13(19)9-23-11-4-2-10(16)3-5-11/h2-5,12H,6-9H2,1H3,(H,17,21)/t12-/m0/s1. The minimum Gasteiger partial charge on any atom is -0.469 e. The lowest BCUT2D eigenvalue weighted by Crippen LogP contribution is -2.58. The van der Waals surface area contributed by atoms with Crippen LogP contribution < -0.4 is 5.32 Å². The number of hydrogen-bond donors (Lipinski definition) is 1. The van der Waals surface area contributed by atoms with Gasteiger partial charge in [-0.1, -0.05) is 11.6 Å². The Morgan fingerprint density at radius 3 is 2.74 bits per heavy atom. The third kappa shape index (κ3) is 4.87. The molecule has 1 N–H and O–H groups in total. The van der Waals surface area contributed by atoms with Gasteiger partial charge in [0.25, 0.3) is 0 Å². The van der Waals surface area contributed by atoms with E-state index < -0.39 is 12.0 Å². The first-order chi connectivity index (χ1) is 11.0. The van der Waals surface area contributed by atoms with Gasteiger partial charge >= 0.3 is 5.97 Å². The fourth-order valence-corrected chi connectivity index (χ4v) is 3.13. The van der Waals surface area contributed by atoms with Crippen LogP contribution in [0.1, 0.15) is 6.42 Å². The Labute approximate surface area is 143 Å². The normalized spacial score (nSPS) is 17.6. The molecule has 1 saturated heterocycles. The van der Waals surface area contributed by atoms with Crippen molar-refractivity contribution in [1.29, 1.82) is 0 Å². The first-order valence-electron chi connectivity index (χ1n) is 7.03. The predicted molar refractivity (Wildman–Crippen MR) is 87.3 cm³/mol. The lowest BCUT2D eigenvalue weighted by Gasteiger charge is -2.34. The van der Waals surface area contributed by atoms with Crippen molar-refractivity contribution < 1.29 is 19.1 Å². The van der Waals surface area contributed by atoms with Gasteiger partial charge in [0.15, 0.2) is 0 Å². The molecule has 1 fully saturated rings. The van der Waals surface area contributed by atoms with Crippen molar-refractivity contribution in [2.45, 2.75) is 17.4 Å². The maximum Gasteiger partial charge on any atom is 0.308 e. The van der Waals surface area contributed by atoms with Crippen molar-refractivity contribution >= 4 is 41.1 Å². The second kappa shape index (κ2) is 8.21. The monoisotopic (exact) mass is 356 g/mol. The van der Waals surface area contributed by atoms with E-state index in [4.69, 9.17) is 11.6 Å². The van der Waals surface area contributed by atoms with Gasteiger partial charge in [-0.25, -0.2) is 0 Å². The summed E-state index contributed by atoms with van der Waals surface area (Å²) in [5, 5.41) is 3.30. The van der Waals surface area contributed by atoms with E-state index in [2.05, 4.69) is 10.1 Å². The lowest BCUT2D eigenvalue weighted by atomic mass is 10.1. The molecule has 6 nitrogen and oxygen atoms in total. The number of rotatable bonds is 5. The molecule has 0 bridgehead atoms.